The molecular weight excluding hydrogens is 310 g/mol. The van der Waals surface area contributed by atoms with E-state index in [0.717, 1.165) is 25.9 Å². The smallest absolute Gasteiger partial charge is 0.293 e. The molecule has 132 valence electrons. The van der Waals surface area contributed by atoms with Crippen LogP contribution in [0.3, 0.4) is 0 Å². The van der Waals surface area contributed by atoms with Crippen molar-refractivity contribution in [2.45, 2.75) is 45.8 Å². The van der Waals surface area contributed by atoms with Crippen molar-refractivity contribution in [2.75, 3.05) is 24.5 Å². The van der Waals surface area contributed by atoms with Gasteiger partial charge in [0, 0.05) is 37.3 Å². The zero-order valence-corrected chi connectivity index (χ0v) is 14.4. The van der Waals surface area contributed by atoms with Crippen molar-refractivity contribution in [3.05, 3.63) is 33.9 Å². The van der Waals surface area contributed by atoms with E-state index in [9.17, 15) is 20.0 Å². The molecule has 7 heteroatoms. The molecule has 1 aliphatic heterocycles. The molecule has 0 saturated carbocycles. The quantitative estimate of drug-likeness (QED) is 0.637. The number of anilines is 1. The first-order valence-corrected chi connectivity index (χ1v) is 8.33. The van der Waals surface area contributed by atoms with Crippen molar-refractivity contribution >= 4 is 17.3 Å². The Morgan fingerprint density at radius 2 is 1.96 bits per heavy atom. The molecule has 1 aromatic rings. The van der Waals surface area contributed by atoms with E-state index in [1.54, 1.807) is 19.1 Å². The van der Waals surface area contributed by atoms with Crippen LogP contribution in [0, 0.1) is 10.1 Å². The fourth-order valence-corrected chi connectivity index (χ4v) is 3.01. The zero-order chi connectivity index (χ0) is 17.9. The second-order valence-electron chi connectivity index (χ2n) is 6.56. The number of carbonyl (C=O) groups excluding carboxylic acids is 1. The number of amides is 1. The maximum atomic E-state index is 12.7. The van der Waals surface area contributed by atoms with Crippen LogP contribution in [0.25, 0.3) is 0 Å². The highest BCUT2D eigenvalue weighted by molar-refractivity contribution is 5.96. The Kier molecular flexibility index (Phi) is 5.77. The lowest BCUT2D eigenvalue weighted by Crippen LogP contribution is -2.41. The molecule has 1 N–H and O–H groups in total. The van der Waals surface area contributed by atoms with Crippen LogP contribution < -0.4 is 4.90 Å². The maximum Gasteiger partial charge on any atom is 0.293 e. The first-order valence-electron chi connectivity index (χ1n) is 8.33. The fourth-order valence-electron chi connectivity index (χ4n) is 3.01. The van der Waals surface area contributed by atoms with Gasteiger partial charge in [-0.1, -0.05) is 0 Å². The molecule has 0 spiro atoms. The van der Waals surface area contributed by atoms with Gasteiger partial charge in [0.1, 0.15) is 5.69 Å². The van der Waals surface area contributed by atoms with Gasteiger partial charge in [0.15, 0.2) is 0 Å². The molecule has 1 fully saturated rings. The summed E-state index contributed by atoms with van der Waals surface area (Å²) in [6.07, 6.45) is 1.39. The third-order valence-corrected chi connectivity index (χ3v) is 4.21. The molecule has 1 aromatic carbocycles. The molecule has 0 radical (unpaired) electrons. The van der Waals surface area contributed by atoms with E-state index < -0.39 is 11.0 Å². The Morgan fingerprint density at radius 1 is 1.33 bits per heavy atom. The van der Waals surface area contributed by atoms with Gasteiger partial charge < -0.3 is 14.9 Å². The second-order valence-corrected chi connectivity index (χ2v) is 6.56. The summed E-state index contributed by atoms with van der Waals surface area (Å²) in [5, 5.41) is 21.0. The number of benzene rings is 1. The lowest BCUT2D eigenvalue weighted by atomic mass is 10.1. The summed E-state index contributed by atoms with van der Waals surface area (Å²) in [5.74, 6) is -0.304. The van der Waals surface area contributed by atoms with Gasteiger partial charge in [0.05, 0.1) is 11.0 Å². The lowest BCUT2D eigenvalue weighted by molar-refractivity contribution is -0.384. The third kappa shape index (κ3) is 4.03. The average Bonchev–Trinajstić information content (AvgIpc) is 3.05. The standard InChI is InChI=1S/C17H25N3O4/c1-12(2)19(11-13(3)21)17(22)14-6-7-15(16(10-14)20(23)24)18-8-4-5-9-18/h6-7,10,12-13,21H,4-5,8-9,11H2,1-3H3. The third-order valence-electron chi connectivity index (χ3n) is 4.21. The van der Waals surface area contributed by atoms with E-state index in [1.807, 2.05) is 18.7 Å². The topological polar surface area (TPSA) is 86.9 Å². The molecule has 0 aromatic heterocycles. The molecule has 0 bridgehead atoms. The number of carbonyl (C=O) groups is 1. The number of hydrogen-bond acceptors (Lipinski definition) is 5. The Hall–Kier alpha value is -2.15. The summed E-state index contributed by atoms with van der Waals surface area (Å²) < 4.78 is 0. The molecule has 1 amide bonds. The van der Waals surface area contributed by atoms with Crippen LogP contribution in [0.1, 0.15) is 44.0 Å². The summed E-state index contributed by atoms with van der Waals surface area (Å²) in [6, 6.07) is 4.55. The predicted octanol–water partition coefficient (Wildman–Crippen LogP) is 2.43. The molecule has 1 atom stereocenters. The molecule has 0 aliphatic carbocycles. The molecule has 1 aliphatic rings. The van der Waals surface area contributed by atoms with Crippen molar-refractivity contribution in [1.29, 1.82) is 0 Å². The summed E-state index contributed by atoms with van der Waals surface area (Å²) in [4.78, 5) is 27.2. The van der Waals surface area contributed by atoms with E-state index in [4.69, 9.17) is 0 Å². The highest BCUT2D eigenvalue weighted by Crippen LogP contribution is 2.32. The summed E-state index contributed by atoms with van der Waals surface area (Å²) in [6.45, 7) is 7.11. The lowest BCUT2D eigenvalue weighted by Gasteiger charge is -2.28. The highest BCUT2D eigenvalue weighted by Gasteiger charge is 2.26. The van der Waals surface area contributed by atoms with E-state index in [1.165, 1.54) is 11.0 Å². The minimum absolute atomic E-state index is 0.0384. The Bertz CT molecular complexity index is 610. The molecule has 24 heavy (non-hydrogen) atoms. The number of aliphatic hydroxyl groups excluding tert-OH is 1. The SMILES string of the molecule is CC(O)CN(C(=O)c1ccc(N2CCCC2)c([N+](=O)[O-])c1)C(C)C. The van der Waals surface area contributed by atoms with Gasteiger partial charge in [-0.25, -0.2) is 0 Å². The predicted molar refractivity (Wildman–Crippen MR) is 92.4 cm³/mol. The average molecular weight is 335 g/mol. The number of nitro benzene ring substituents is 1. The van der Waals surface area contributed by atoms with Gasteiger partial charge >= 0.3 is 0 Å². The van der Waals surface area contributed by atoms with Crippen LogP contribution in [-0.2, 0) is 0 Å². The number of nitrogens with zero attached hydrogens (tertiary/aromatic N) is 3. The summed E-state index contributed by atoms with van der Waals surface area (Å²) >= 11 is 0. The minimum Gasteiger partial charge on any atom is -0.392 e. The minimum atomic E-state index is -0.657. The molecule has 1 unspecified atom stereocenters. The van der Waals surface area contributed by atoms with Crippen LogP contribution in [0.15, 0.2) is 18.2 Å². The van der Waals surface area contributed by atoms with Gasteiger partial charge in [-0.05, 0) is 45.7 Å². The first kappa shape index (κ1) is 18.2. The Labute approximate surface area is 142 Å². The summed E-state index contributed by atoms with van der Waals surface area (Å²) in [5.41, 5.74) is 0.808. The largest absolute Gasteiger partial charge is 0.392 e. The van der Waals surface area contributed by atoms with Crippen LogP contribution in [-0.4, -0.2) is 52.6 Å². The van der Waals surface area contributed by atoms with E-state index in [0.29, 0.717) is 5.69 Å². The van der Waals surface area contributed by atoms with Gasteiger partial charge in [-0.3, -0.25) is 14.9 Å². The highest BCUT2D eigenvalue weighted by atomic mass is 16.6. The molecule has 7 nitrogen and oxygen atoms in total. The monoisotopic (exact) mass is 335 g/mol. The van der Waals surface area contributed by atoms with E-state index >= 15 is 0 Å². The Balaban J connectivity index is 2.34. The van der Waals surface area contributed by atoms with Gasteiger partial charge in [0.25, 0.3) is 11.6 Å². The number of hydrogen-bond donors (Lipinski definition) is 1. The summed E-state index contributed by atoms with van der Waals surface area (Å²) in [7, 11) is 0. The van der Waals surface area contributed by atoms with Crippen LogP contribution in [0.5, 0.6) is 0 Å². The van der Waals surface area contributed by atoms with Crippen molar-refractivity contribution in [3.63, 3.8) is 0 Å². The number of nitro groups is 1. The maximum absolute atomic E-state index is 12.7. The Morgan fingerprint density at radius 3 is 2.46 bits per heavy atom. The van der Waals surface area contributed by atoms with Gasteiger partial charge in [-0.15, -0.1) is 0 Å². The first-order chi connectivity index (χ1) is 11.3. The second kappa shape index (κ2) is 7.61. The molecule has 1 saturated heterocycles. The van der Waals surface area contributed by atoms with Crippen LogP contribution >= 0.6 is 0 Å². The van der Waals surface area contributed by atoms with Crippen molar-refractivity contribution in [2.24, 2.45) is 0 Å². The van der Waals surface area contributed by atoms with Crippen LogP contribution in [0.4, 0.5) is 11.4 Å². The normalized spacial score (nSPS) is 15.6. The molecule has 1 heterocycles. The van der Waals surface area contributed by atoms with Crippen molar-refractivity contribution < 1.29 is 14.8 Å². The fraction of sp³-hybridized carbons (Fsp3) is 0.588. The van der Waals surface area contributed by atoms with Crippen molar-refractivity contribution in [3.8, 4) is 0 Å². The number of rotatable bonds is 6. The van der Waals surface area contributed by atoms with Gasteiger partial charge in [0.2, 0.25) is 0 Å². The van der Waals surface area contributed by atoms with E-state index in [2.05, 4.69) is 0 Å². The van der Waals surface area contributed by atoms with Crippen LogP contribution in [0.2, 0.25) is 0 Å². The van der Waals surface area contributed by atoms with Gasteiger partial charge in [-0.2, -0.15) is 0 Å². The number of aliphatic hydroxyl groups is 1. The molecule has 2 rings (SSSR count). The van der Waals surface area contributed by atoms with E-state index in [-0.39, 0.29) is 29.7 Å². The molecular formula is C17H25N3O4. The van der Waals surface area contributed by atoms with Crippen molar-refractivity contribution in [1.82, 2.24) is 4.90 Å². The zero-order valence-electron chi connectivity index (χ0n) is 14.4.